The molecule has 0 N–H and O–H groups in total. The SMILES string of the molecule is O=P1(c2nc(-c3ccccc3)nc(-c3ccccc3)n2)c2ccccc2N(c2ccccc2)c2ccccc2N1c1ccccc1. The highest BCUT2D eigenvalue weighted by Gasteiger charge is 2.46. The van der Waals surface area contributed by atoms with E-state index in [2.05, 4.69) is 23.1 Å². The van der Waals surface area contributed by atoms with E-state index in [1.807, 2.05) is 156 Å². The monoisotopic (exact) mass is 613 g/mol. The maximum absolute atomic E-state index is 16.7. The summed E-state index contributed by atoms with van der Waals surface area (Å²) in [5.74, 6) is 0.922. The maximum atomic E-state index is 16.7. The van der Waals surface area contributed by atoms with E-state index in [4.69, 9.17) is 15.0 Å². The van der Waals surface area contributed by atoms with E-state index in [0.717, 1.165) is 39.6 Å². The van der Waals surface area contributed by atoms with Crippen LogP contribution in [-0.4, -0.2) is 15.0 Å². The Morgan fingerprint density at radius 3 is 1.41 bits per heavy atom. The van der Waals surface area contributed by atoms with Gasteiger partial charge in [0.05, 0.1) is 22.4 Å². The van der Waals surface area contributed by atoms with Crippen molar-refractivity contribution in [1.82, 2.24) is 15.0 Å². The lowest BCUT2D eigenvalue weighted by Gasteiger charge is -2.32. The van der Waals surface area contributed by atoms with Crippen LogP contribution in [-0.2, 0) is 4.57 Å². The van der Waals surface area contributed by atoms with Crippen LogP contribution in [0.25, 0.3) is 22.8 Å². The molecule has 6 aromatic carbocycles. The van der Waals surface area contributed by atoms with Gasteiger partial charge in [-0.25, -0.2) is 15.0 Å². The molecule has 46 heavy (non-hydrogen) atoms. The van der Waals surface area contributed by atoms with Crippen LogP contribution < -0.4 is 20.4 Å². The van der Waals surface area contributed by atoms with Crippen molar-refractivity contribution in [2.75, 3.05) is 9.57 Å². The summed E-state index contributed by atoms with van der Waals surface area (Å²) >= 11 is 0. The molecular weight excluding hydrogens is 585 g/mol. The van der Waals surface area contributed by atoms with E-state index >= 15 is 4.57 Å². The number of benzene rings is 6. The van der Waals surface area contributed by atoms with Gasteiger partial charge in [0.15, 0.2) is 11.6 Å². The zero-order valence-electron chi connectivity index (χ0n) is 24.8. The number of fused-ring (bicyclic) bond motifs is 2. The molecule has 0 spiro atoms. The fourth-order valence-electron chi connectivity index (χ4n) is 5.99. The van der Waals surface area contributed by atoms with E-state index in [1.54, 1.807) is 0 Å². The number of rotatable bonds is 5. The molecule has 0 aliphatic carbocycles. The van der Waals surface area contributed by atoms with Gasteiger partial charge in [0.25, 0.3) is 7.29 Å². The van der Waals surface area contributed by atoms with E-state index in [-0.39, 0.29) is 5.57 Å². The summed E-state index contributed by atoms with van der Waals surface area (Å²) in [6.07, 6.45) is 0. The van der Waals surface area contributed by atoms with Crippen molar-refractivity contribution in [3.05, 3.63) is 170 Å². The van der Waals surface area contributed by atoms with E-state index in [0.29, 0.717) is 17.0 Å². The van der Waals surface area contributed by atoms with Crippen molar-refractivity contribution in [3.8, 4) is 22.8 Å². The molecule has 0 fully saturated rings. The van der Waals surface area contributed by atoms with Gasteiger partial charge in [-0.15, -0.1) is 0 Å². The molecule has 2 heterocycles. The lowest BCUT2D eigenvalue weighted by atomic mass is 10.1. The molecule has 0 amide bonds. The number of para-hydroxylation sites is 5. The molecule has 220 valence electrons. The number of hydrogen-bond acceptors (Lipinski definition) is 5. The highest BCUT2D eigenvalue weighted by Crippen LogP contribution is 2.61. The largest absolute Gasteiger partial charge is 0.308 e. The molecule has 7 aromatic rings. The molecule has 7 heteroatoms. The molecule has 8 rings (SSSR count). The highest BCUT2D eigenvalue weighted by molar-refractivity contribution is 7.80. The van der Waals surface area contributed by atoms with Crippen molar-refractivity contribution in [2.24, 2.45) is 0 Å². The summed E-state index contributed by atoms with van der Waals surface area (Å²) in [5, 5.41) is 0.628. The second-order valence-corrected chi connectivity index (χ2v) is 13.3. The van der Waals surface area contributed by atoms with Crippen LogP contribution in [0.15, 0.2) is 170 Å². The molecule has 0 saturated heterocycles. The lowest BCUT2D eigenvalue weighted by Crippen LogP contribution is -2.33. The van der Waals surface area contributed by atoms with Gasteiger partial charge in [0.2, 0.25) is 5.57 Å². The molecule has 0 saturated carbocycles. The minimum atomic E-state index is -3.89. The Hall–Kier alpha value is -5.84. The normalized spacial score (nSPS) is 15.5. The molecule has 1 aliphatic rings. The highest BCUT2D eigenvalue weighted by atomic mass is 31.2. The Bertz CT molecular complexity index is 2140. The summed E-state index contributed by atoms with van der Waals surface area (Å²) in [5.41, 5.74) is 6.03. The van der Waals surface area contributed by atoms with Gasteiger partial charge < -0.3 is 4.90 Å². The molecule has 1 aliphatic heterocycles. The van der Waals surface area contributed by atoms with Crippen molar-refractivity contribution in [2.45, 2.75) is 0 Å². The third kappa shape index (κ3) is 4.68. The number of hydrogen-bond donors (Lipinski definition) is 0. The summed E-state index contributed by atoms with van der Waals surface area (Å²) in [7, 11) is -3.89. The Labute approximate surface area is 267 Å². The number of aromatic nitrogens is 3. The van der Waals surface area contributed by atoms with E-state index in [9.17, 15) is 0 Å². The number of nitrogens with zero attached hydrogens (tertiary/aromatic N) is 5. The first-order valence-electron chi connectivity index (χ1n) is 15.1. The molecule has 0 radical (unpaired) electrons. The molecular formula is C39H28N5OP. The van der Waals surface area contributed by atoms with Gasteiger partial charge in [-0.05, 0) is 48.5 Å². The van der Waals surface area contributed by atoms with Crippen molar-refractivity contribution < 1.29 is 4.57 Å². The van der Waals surface area contributed by atoms with Gasteiger partial charge in [-0.1, -0.05) is 121 Å². The minimum Gasteiger partial charge on any atom is -0.308 e. The second-order valence-electron chi connectivity index (χ2n) is 10.9. The third-order valence-corrected chi connectivity index (χ3v) is 10.8. The van der Waals surface area contributed by atoms with Crippen LogP contribution in [0.3, 0.4) is 0 Å². The fraction of sp³-hybridized carbons (Fsp3) is 0. The van der Waals surface area contributed by atoms with Gasteiger partial charge in [-0.3, -0.25) is 9.24 Å². The lowest BCUT2D eigenvalue weighted by molar-refractivity contribution is 0.586. The van der Waals surface area contributed by atoms with Gasteiger partial charge in [0.1, 0.15) is 0 Å². The van der Waals surface area contributed by atoms with Crippen LogP contribution in [0, 0.1) is 0 Å². The van der Waals surface area contributed by atoms with Crippen LogP contribution in [0.2, 0.25) is 0 Å². The van der Waals surface area contributed by atoms with Crippen molar-refractivity contribution in [1.29, 1.82) is 0 Å². The van der Waals surface area contributed by atoms with Crippen molar-refractivity contribution >= 4 is 46.6 Å². The first-order valence-corrected chi connectivity index (χ1v) is 16.7. The van der Waals surface area contributed by atoms with Gasteiger partial charge in [-0.2, -0.15) is 0 Å². The minimum absolute atomic E-state index is 0.209. The second kappa shape index (κ2) is 11.6. The van der Waals surface area contributed by atoms with Gasteiger partial charge in [0, 0.05) is 22.5 Å². The summed E-state index contributed by atoms with van der Waals surface area (Å²) < 4.78 is 18.6. The molecule has 6 nitrogen and oxygen atoms in total. The zero-order valence-corrected chi connectivity index (χ0v) is 25.7. The zero-order chi connectivity index (χ0) is 30.9. The van der Waals surface area contributed by atoms with Crippen LogP contribution in [0.5, 0.6) is 0 Å². The summed E-state index contributed by atoms with van der Waals surface area (Å²) in [4.78, 5) is 17.2. The van der Waals surface area contributed by atoms with Crippen LogP contribution in [0.1, 0.15) is 0 Å². The molecule has 0 bridgehead atoms. The van der Waals surface area contributed by atoms with Gasteiger partial charge >= 0.3 is 0 Å². The van der Waals surface area contributed by atoms with E-state index < -0.39 is 7.29 Å². The smallest absolute Gasteiger partial charge is 0.272 e. The standard InChI is InChI=1S/C39H28N5OP/c45-46(39-41-37(29-17-5-1-6-18-29)40-38(42-39)30-19-7-2-8-20-30)36-28-16-15-27-35(36)43(31-21-9-3-10-22-31)33-25-13-14-26-34(33)44(46)32-23-11-4-12-24-32/h1-28H. The molecule has 1 aromatic heterocycles. The first-order chi connectivity index (χ1) is 22.7. The predicted octanol–water partition coefficient (Wildman–Crippen LogP) is 9.06. The Morgan fingerprint density at radius 1 is 0.413 bits per heavy atom. The first kappa shape index (κ1) is 27.7. The van der Waals surface area contributed by atoms with Crippen LogP contribution >= 0.6 is 7.29 Å². The Kier molecular flexibility index (Phi) is 6.97. The average Bonchev–Trinajstić information content (AvgIpc) is 3.23. The predicted molar refractivity (Wildman–Crippen MR) is 187 cm³/mol. The molecule has 1 atom stereocenters. The topological polar surface area (TPSA) is 62.2 Å². The number of anilines is 5. The van der Waals surface area contributed by atoms with E-state index in [1.165, 1.54) is 0 Å². The summed E-state index contributed by atoms with van der Waals surface area (Å²) in [6, 6.07) is 55.6. The fourth-order valence-corrected chi connectivity index (χ4v) is 8.76. The summed E-state index contributed by atoms with van der Waals surface area (Å²) in [6.45, 7) is 0. The Balaban J connectivity index is 1.51. The maximum Gasteiger partial charge on any atom is 0.272 e. The third-order valence-electron chi connectivity index (χ3n) is 8.06. The molecule has 1 unspecified atom stereocenters. The quantitative estimate of drug-likeness (QED) is 0.181. The van der Waals surface area contributed by atoms with Crippen LogP contribution in [0.4, 0.5) is 28.4 Å². The Morgan fingerprint density at radius 2 is 0.848 bits per heavy atom. The van der Waals surface area contributed by atoms with Crippen molar-refractivity contribution in [3.63, 3.8) is 0 Å². The average molecular weight is 614 g/mol.